The standard InChI is InChI=1S/C15H20N2O4S/c1-11-10-16(7-8-21-11)15(18)13-3-4-14-12(9-13)5-6-17(14)22(2,19)20/h3-4,9,11H,5-8,10H2,1-2H3/t11-/m1/s1. The Balaban J connectivity index is 1.84. The van der Waals surface area contributed by atoms with E-state index in [2.05, 4.69) is 0 Å². The van der Waals surface area contributed by atoms with Crippen molar-refractivity contribution in [2.75, 3.05) is 36.8 Å². The first-order chi connectivity index (χ1) is 10.4. The van der Waals surface area contributed by atoms with Crippen LogP contribution in [0.5, 0.6) is 0 Å². The molecule has 1 atom stereocenters. The Morgan fingerprint density at radius 2 is 2.09 bits per heavy atom. The second-order valence-electron chi connectivity index (χ2n) is 5.86. The fraction of sp³-hybridized carbons (Fsp3) is 0.533. The van der Waals surface area contributed by atoms with Crippen LogP contribution in [-0.2, 0) is 21.2 Å². The number of amides is 1. The molecule has 0 radical (unpaired) electrons. The summed E-state index contributed by atoms with van der Waals surface area (Å²) < 4.78 is 30.3. The summed E-state index contributed by atoms with van der Waals surface area (Å²) in [4.78, 5) is 14.4. The van der Waals surface area contributed by atoms with E-state index in [0.29, 0.717) is 43.9 Å². The molecule has 0 spiro atoms. The Kier molecular flexibility index (Phi) is 3.86. The summed E-state index contributed by atoms with van der Waals surface area (Å²) in [5, 5.41) is 0. The first-order valence-corrected chi connectivity index (χ1v) is 9.22. The summed E-state index contributed by atoms with van der Waals surface area (Å²) in [6, 6.07) is 5.27. The number of benzene rings is 1. The monoisotopic (exact) mass is 324 g/mol. The van der Waals surface area contributed by atoms with Gasteiger partial charge >= 0.3 is 0 Å². The molecule has 1 aromatic carbocycles. The van der Waals surface area contributed by atoms with E-state index < -0.39 is 10.0 Å². The number of hydrogen-bond acceptors (Lipinski definition) is 4. The van der Waals surface area contributed by atoms with E-state index in [-0.39, 0.29) is 12.0 Å². The molecule has 2 heterocycles. The molecule has 3 rings (SSSR count). The number of ether oxygens (including phenoxy) is 1. The molecule has 22 heavy (non-hydrogen) atoms. The summed E-state index contributed by atoms with van der Waals surface area (Å²) in [6.07, 6.45) is 1.90. The topological polar surface area (TPSA) is 66.9 Å². The fourth-order valence-electron chi connectivity index (χ4n) is 3.03. The smallest absolute Gasteiger partial charge is 0.254 e. The van der Waals surface area contributed by atoms with Gasteiger partial charge in [0, 0.05) is 25.2 Å². The van der Waals surface area contributed by atoms with Crippen molar-refractivity contribution in [1.82, 2.24) is 4.90 Å². The lowest BCUT2D eigenvalue weighted by molar-refractivity contribution is -0.0124. The van der Waals surface area contributed by atoms with Gasteiger partial charge in [0.05, 0.1) is 24.7 Å². The van der Waals surface area contributed by atoms with Crippen LogP contribution in [-0.4, -0.2) is 57.8 Å². The van der Waals surface area contributed by atoms with Gasteiger partial charge in [-0.05, 0) is 37.1 Å². The molecule has 0 N–H and O–H groups in total. The van der Waals surface area contributed by atoms with Gasteiger partial charge in [-0.1, -0.05) is 0 Å². The lowest BCUT2D eigenvalue weighted by Gasteiger charge is -2.31. The van der Waals surface area contributed by atoms with Crippen LogP contribution in [0.25, 0.3) is 0 Å². The fourth-order valence-corrected chi connectivity index (χ4v) is 3.99. The lowest BCUT2D eigenvalue weighted by atomic mass is 10.1. The van der Waals surface area contributed by atoms with Crippen LogP contribution in [0.2, 0.25) is 0 Å². The Morgan fingerprint density at radius 3 is 2.77 bits per heavy atom. The summed E-state index contributed by atoms with van der Waals surface area (Å²) in [5.74, 6) is -0.0178. The Morgan fingerprint density at radius 1 is 1.32 bits per heavy atom. The van der Waals surface area contributed by atoms with Crippen LogP contribution < -0.4 is 4.31 Å². The minimum atomic E-state index is -3.26. The number of fused-ring (bicyclic) bond motifs is 1. The number of nitrogens with zero attached hydrogens (tertiary/aromatic N) is 2. The molecule has 1 saturated heterocycles. The average molecular weight is 324 g/mol. The Bertz CT molecular complexity index is 701. The van der Waals surface area contributed by atoms with Gasteiger partial charge in [0.15, 0.2) is 0 Å². The van der Waals surface area contributed by atoms with Gasteiger partial charge in [-0.3, -0.25) is 9.10 Å². The molecule has 120 valence electrons. The second-order valence-corrected chi connectivity index (χ2v) is 7.77. The number of hydrogen-bond donors (Lipinski definition) is 0. The van der Waals surface area contributed by atoms with Crippen molar-refractivity contribution >= 4 is 21.6 Å². The highest BCUT2D eigenvalue weighted by Crippen LogP contribution is 2.31. The molecule has 7 heteroatoms. The molecule has 1 fully saturated rings. The molecule has 0 unspecified atom stereocenters. The predicted octanol–water partition coefficient (Wildman–Crippen LogP) is 0.870. The third-order valence-electron chi connectivity index (χ3n) is 4.11. The van der Waals surface area contributed by atoms with Crippen molar-refractivity contribution in [1.29, 1.82) is 0 Å². The molecule has 2 aliphatic heterocycles. The maximum atomic E-state index is 12.6. The van der Waals surface area contributed by atoms with E-state index in [9.17, 15) is 13.2 Å². The molecule has 1 amide bonds. The summed E-state index contributed by atoms with van der Waals surface area (Å²) in [7, 11) is -3.26. The molecular weight excluding hydrogens is 304 g/mol. The zero-order valence-corrected chi connectivity index (χ0v) is 13.6. The maximum Gasteiger partial charge on any atom is 0.254 e. The molecule has 0 bridgehead atoms. The summed E-state index contributed by atoms with van der Waals surface area (Å²) >= 11 is 0. The SMILES string of the molecule is C[C@@H]1CN(C(=O)c2ccc3c(c2)CCN3S(C)(=O)=O)CCO1. The van der Waals surface area contributed by atoms with Crippen molar-refractivity contribution in [3.63, 3.8) is 0 Å². The van der Waals surface area contributed by atoms with Crippen LogP contribution in [0.4, 0.5) is 5.69 Å². The number of anilines is 1. The van der Waals surface area contributed by atoms with E-state index in [4.69, 9.17) is 4.74 Å². The van der Waals surface area contributed by atoms with E-state index >= 15 is 0 Å². The number of carbonyl (C=O) groups excluding carboxylic acids is 1. The van der Waals surface area contributed by atoms with E-state index in [1.807, 2.05) is 13.0 Å². The number of morpholine rings is 1. The van der Waals surface area contributed by atoms with Gasteiger partial charge in [0.1, 0.15) is 0 Å². The molecule has 0 aliphatic carbocycles. The second kappa shape index (κ2) is 5.55. The lowest BCUT2D eigenvalue weighted by Crippen LogP contribution is -2.44. The van der Waals surface area contributed by atoms with Crippen molar-refractivity contribution in [2.45, 2.75) is 19.4 Å². The first kappa shape index (κ1) is 15.3. The highest BCUT2D eigenvalue weighted by atomic mass is 32.2. The first-order valence-electron chi connectivity index (χ1n) is 7.38. The van der Waals surface area contributed by atoms with Gasteiger partial charge in [0.2, 0.25) is 10.0 Å². The quantitative estimate of drug-likeness (QED) is 0.809. The Hall–Kier alpha value is -1.60. The van der Waals surface area contributed by atoms with E-state index in [1.165, 1.54) is 10.6 Å². The van der Waals surface area contributed by atoms with Gasteiger partial charge in [0.25, 0.3) is 5.91 Å². The number of carbonyl (C=O) groups is 1. The largest absolute Gasteiger partial charge is 0.375 e. The van der Waals surface area contributed by atoms with E-state index in [1.54, 1.807) is 17.0 Å². The summed E-state index contributed by atoms with van der Waals surface area (Å²) in [5.41, 5.74) is 2.22. The third-order valence-corrected chi connectivity index (χ3v) is 5.29. The number of rotatable bonds is 2. The molecule has 0 saturated carbocycles. The maximum absolute atomic E-state index is 12.6. The van der Waals surface area contributed by atoms with Crippen LogP contribution in [0.15, 0.2) is 18.2 Å². The van der Waals surface area contributed by atoms with Crippen molar-refractivity contribution in [2.24, 2.45) is 0 Å². The molecule has 0 aromatic heterocycles. The predicted molar refractivity (Wildman–Crippen MR) is 83.7 cm³/mol. The minimum Gasteiger partial charge on any atom is -0.375 e. The highest BCUT2D eigenvalue weighted by Gasteiger charge is 2.28. The molecule has 1 aromatic rings. The van der Waals surface area contributed by atoms with Crippen molar-refractivity contribution in [3.8, 4) is 0 Å². The third kappa shape index (κ3) is 2.83. The Labute approximate surface area is 130 Å². The normalized spacial score (nSPS) is 21.8. The van der Waals surface area contributed by atoms with Crippen LogP contribution in [0.3, 0.4) is 0 Å². The van der Waals surface area contributed by atoms with Gasteiger partial charge < -0.3 is 9.64 Å². The minimum absolute atomic E-state index is 0.0178. The zero-order chi connectivity index (χ0) is 15.9. The zero-order valence-electron chi connectivity index (χ0n) is 12.8. The van der Waals surface area contributed by atoms with Crippen LogP contribution >= 0.6 is 0 Å². The van der Waals surface area contributed by atoms with E-state index in [0.717, 1.165) is 5.56 Å². The summed E-state index contributed by atoms with van der Waals surface area (Å²) in [6.45, 7) is 4.13. The van der Waals surface area contributed by atoms with Gasteiger partial charge in [-0.25, -0.2) is 8.42 Å². The number of sulfonamides is 1. The highest BCUT2D eigenvalue weighted by molar-refractivity contribution is 7.92. The van der Waals surface area contributed by atoms with Crippen molar-refractivity contribution in [3.05, 3.63) is 29.3 Å². The van der Waals surface area contributed by atoms with Gasteiger partial charge in [-0.15, -0.1) is 0 Å². The average Bonchev–Trinajstić information content (AvgIpc) is 2.89. The molecule has 6 nitrogen and oxygen atoms in total. The van der Waals surface area contributed by atoms with Crippen LogP contribution in [0, 0.1) is 0 Å². The molecular formula is C15H20N2O4S. The molecule has 2 aliphatic rings. The van der Waals surface area contributed by atoms with Crippen LogP contribution in [0.1, 0.15) is 22.8 Å². The van der Waals surface area contributed by atoms with Gasteiger partial charge in [-0.2, -0.15) is 0 Å². The van der Waals surface area contributed by atoms with Crippen molar-refractivity contribution < 1.29 is 17.9 Å².